The fourth-order valence-corrected chi connectivity index (χ4v) is 4.77. The zero-order chi connectivity index (χ0) is 62.4. The predicted octanol–water partition coefficient (Wildman–Crippen LogP) is 1.06. The Labute approximate surface area is 510 Å². The Balaban J connectivity index is 0.00000339. The van der Waals surface area contributed by atoms with Gasteiger partial charge in [0.05, 0.1) is 5.25 Å². The maximum absolute atomic E-state index is 11.9. The van der Waals surface area contributed by atoms with Gasteiger partial charge in [-0.25, -0.2) is 0 Å². The molecular formula is C79H22N2O4S. The van der Waals surface area contributed by atoms with E-state index in [2.05, 4.69) is 396 Å². The molecule has 1 aliphatic heterocycles. The van der Waals surface area contributed by atoms with Crippen molar-refractivity contribution >= 4 is 35.3 Å². The first kappa shape index (κ1) is 70.1. The van der Waals surface area contributed by atoms with Gasteiger partial charge in [0, 0.05) is 310 Å². The number of hydrogen-bond donors (Lipinski definition) is 1. The van der Waals surface area contributed by atoms with E-state index in [0.29, 0.717) is 12.2 Å². The maximum Gasteiger partial charge on any atom is 0.244 e. The molecule has 1 aliphatic rings. The van der Waals surface area contributed by atoms with Crippen LogP contribution in [0, 0.1) is 391 Å². The van der Waals surface area contributed by atoms with Gasteiger partial charge in [0.15, 0.2) is 0 Å². The highest BCUT2D eigenvalue weighted by Crippen LogP contribution is 2.25. The Kier molecular flexibility index (Phi) is 47.6. The number of nitrogens with zero attached hydrogens (tertiary/aromatic N) is 1. The zero-order valence-corrected chi connectivity index (χ0v) is 46.2. The van der Waals surface area contributed by atoms with Crippen molar-refractivity contribution < 1.29 is 19.2 Å². The van der Waals surface area contributed by atoms with E-state index in [4.69, 9.17) is 0 Å². The third kappa shape index (κ3) is 53.0. The van der Waals surface area contributed by atoms with Crippen LogP contribution in [0.3, 0.4) is 0 Å². The molecule has 0 aromatic heterocycles. The molecule has 1 atom stereocenters. The number of carbonyl (C=O) groups is 4. The largest absolute Gasteiger partial charge is 0.338 e. The van der Waals surface area contributed by atoms with E-state index in [1.807, 2.05) is 0 Å². The average Bonchev–Trinajstić information content (AvgIpc) is 3.98. The molecule has 0 spiro atoms. The second kappa shape index (κ2) is 58.4. The molecule has 7 heteroatoms. The number of amides is 3. The first-order valence-electron chi connectivity index (χ1n) is 22.9. The molecule has 1 N–H and O–H groups in total. The monoisotopic (exact) mass is 1090 g/mol. The number of rotatable bonds is 6. The summed E-state index contributed by atoms with van der Waals surface area (Å²) in [6, 6.07) is 0. The normalized spacial score (nSPS) is 7.16. The molecular weight excluding hydrogens is 1070 g/mol. The van der Waals surface area contributed by atoms with Gasteiger partial charge < -0.3 is 5.32 Å². The molecule has 0 bridgehead atoms. The summed E-state index contributed by atoms with van der Waals surface area (Å²) in [6.45, 7) is 6.11. The van der Waals surface area contributed by atoms with Crippen molar-refractivity contribution in [1.82, 2.24) is 10.2 Å². The Bertz CT molecular complexity index is 4840. The lowest BCUT2D eigenvalue weighted by Crippen LogP contribution is -2.40. The van der Waals surface area contributed by atoms with E-state index < -0.39 is 5.25 Å². The number of thioether (sulfide) groups is 1. The average molecular weight is 1100 g/mol. The second-order valence-corrected chi connectivity index (χ2v) is 13.9. The van der Waals surface area contributed by atoms with Crippen molar-refractivity contribution in [3.8, 4) is 391 Å². The van der Waals surface area contributed by atoms with Crippen LogP contribution in [0.1, 0.15) is 40.5 Å². The molecule has 0 aliphatic carbocycles. The summed E-state index contributed by atoms with van der Waals surface area (Å²) in [7, 11) is 0. The third-order valence-corrected chi connectivity index (χ3v) is 7.86. The summed E-state index contributed by atoms with van der Waals surface area (Å²) in [4.78, 5) is 46.0. The van der Waals surface area contributed by atoms with Crippen molar-refractivity contribution in [2.24, 2.45) is 0 Å². The molecule has 0 aromatic rings. The van der Waals surface area contributed by atoms with E-state index >= 15 is 0 Å². The van der Waals surface area contributed by atoms with Gasteiger partial charge in [-0.1, -0.05) is 11.8 Å². The van der Waals surface area contributed by atoms with E-state index in [1.54, 1.807) is 13.8 Å². The number of Topliss-reactive ketones (excluding diaryl/α,β-unsaturated/α-hetero) is 1. The Morgan fingerprint density at radius 2 is 0.512 bits per heavy atom. The summed E-state index contributed by atoms with van der Waals surface area (Å²) < 4.78 is 0. The Morgan fingerprint density at radius 3 is 0.663 bits per heavy atom. The van der Waals surface area contributed by atoms with Crippen molar-refractivity contribution in [1.29, 1.82) is 0 Å². The van der Waals surface area contributed by atoms with Crippen molar-refractivity contribution in [3.05, 3.63) is 0 Å². The number of imide groups is 1. The second-order valence-electron chi connectivity index (χ2n) is 12.6. The Morgan fingerprint density at radius 1 is 0.337 bits per heavy atom. The van der Waals surface area contributed by atoms with Gasteiger partial charge >= 0.3 is 0 Å². The van der Waals surface area contributed by atoms with Crippen LogP contribution >= 0.6 is 11.8 Å². The van der Waals surface area contributed by atoms with Crippen LogP contribution in [-0.4, -0.2) is 46.1 Å². The van der Waals surface area contributed by atoms with Crippen LogP contribution in [0.15, 0.2) is 0 Å². The summed E-state index contributed by atoms with van der Waals surface area (Å²) in [5.41, 5.74) is 0. The number of carbonyl (C=O) groups excluding carboxylic acids is 4. The molecule has 1 heterocycles. The van der Waals surface area contributed by atoms with Gasteiger partial charge in [-0.2, -0.15) is 0 Å². The van der Waals surface area contributed by atoms with Gasteiger partial charge in [0.1, 0.15) is 12.5 Å². The van der Waals surface area contributed by atoms with Crippen LogP contribution in [0.4, 0.5) is 0 Å². The zero-order valence-electron chi connectivity index (χ0n) is 45.4. The molecule has 3 amide bonds. The predicted molar refractivity (Wildman–Crippen MR) is 335 cm³/mol. The lowest BCUT2D eigenvalue weighted by Gasteiger charge is -2.14. The van der Waals surface area contributed by atoms with Crippen LogP contribution in [0.25, 0.3) is 0 Å². The minimum atomic E-state index is -0.425. The van der Waals surface area contributed by atoms with Gasteiger partial charge in [-0.3, -0.25) is 24.1 Å². The first-order valence-corrected chi connectivity index (χ1v) is 23.9. The Hall–Kier alpha value is -15.9. The maximum atomic E-state index is 11.9. The SMILES string of the molecule is CC#CC#CC#CC#CC#CC#CC#CC#CC#CC#CC#CC#CC#CC#CC#CC#CC#CC#CC#CC#CC#CC#CC#CC#CC#CC#CC#CC#CC#CC#CC#CC#CC#CC.CC(=O)CCSC1CC(=O)N(CNC(C)=O)C1=O. The highest BCUT2D eigenvalue weighted by atomic mass is 32.2. The highest BCUT2D eigenvalue weighted by molar-refractivity contribution is 8.00. The van der Waals surface area contributed by atoms with E-state index in [9.17, 15) is 19.2 Å². The molecule has 0 saturated carbocycles. The molecule has 1 saturated heterocycles. The van der Waals surface area contributed by atoms with E-state index in [0.717, 1.165) is 4.90 Å². The van der Waals surface area contributed by atoms with Crippen molar-refractivity contribution in [2.75, 3.05) is 12.4 Å². The molecule has 1 rings (SSSR count). The fourth-order valence-electron chi connectivity index (χ4n) is 3.55. The van der Waals surface area contributed by atoms with Crippen LogP contribution in [-0.2, 0) is 19.2 Å². The topological polar surface area (TPSA) is 83.6 Å². The number of hydrogen-bond acceptors (Lipinski definition) is 5. The molecule has 1 unspecified atom stereocenters. The number of ketones is 1. The highest BCUT2D eigenvalue weighted by Gasteiger charge is 2.38. The summed E-state index contributed by atoms with van der Waals surface area (Å²) in [5.74, 6) is 165. The van der Waals surface area contributed by atoms with Crippen LogP contribution in [0.2, 0.25) is 0 Å². The minimum absolute atomic E-state index is 0.0642. The molecule has 378 valence electrons. The number of likely N-dealkylation sites (tertiary alicyclic amines) is 1. The summed E-state index contributed by atoms with van der Waals surface area (Å²) >= 11 is 1.32. The van der Waals surface area contributed by atoms with Gasteiger partial charge in [0.2, 0.25) is 17.7 Å². The van der Waals surface area contributed by atoms with Gasteiger partial charge in [0.25, 0.3) is 0 Å². The fraction of sp³-hybridized carbons (Fsp3) is 0.114. The smallest absolute Gasteiger partial charge is 0.244 e. The lowest BCUT2D eigenvalue weighted by atomic mass is 10.3. The standard InChI is InChI=1S/C68H6.C11H16N2O4S/c1-3-5-7-9-11-13-15-17-19-21-23-25-27-29-31-33-35-37-39-41-43-45-47-49-51-53-55-57-59-61-63-65-67-68-66-64-62-60-58-56-54-52-50-48-46-44-42-40-38-36-34-32-30-28-26-24-22-20-18-16-14-12-10-8-6-4-2;1-7(14)3-4-18-9-5-10(16)13(11(9)17)6-12-8(2)15/h1-2H3;9H,3-6H2,1-2H3,(H,12,15). The van der Waals surface area contributed by atoms with Gasteiger partial charge in [-0.05, 0) is 115 Å². The molecule has 0 aromatic carbocycles. The first-order chi connectivity index (χ1) is 42.3. The van der Waals surface area contributed by atoms with Crippen LogP contribution < -0.4 is 5.32 Å². The molecule has 6 nitrogen and oxygen atoms in total. The summed E-state index contributed by atoms with van der Waals surface area (Å²) in [5, 5.41) is 2.00. The van der Waals surface area contributed by atoms with Crippen molar-refractivity contribution in [2.45, 2.75) is 45.8 Å². The number of nitrogens with one attached hydrogen (secondary N) is 1. The van der Waals surface area contributed by atoms with Gasteiger partial charge in [-0.15, -0.1) is 11.8 Å². The molecule has 86 heavy (non-hydrogen) atoms. The molecule has 0 radical (unpaired) electrons. The molecule has 1 fully saturated rings. The van der Waals surface area contributed by atoms with E-state index in [-0.39, 0.29) is 36.6 Å². The minimum Gasteiger partial charge on any atom is -0.338 e. The lowest BCUT2D eigenvalue weighted by molar-refractivity contribution is -0.139. The third-order valence-electron chi connectivity index (χ3n) is 6.65. The van der Waals surface area contributed by atoms with Crippen molar-refractivity contribution in [3.63, 3.8) is 0 Å². The summed E-state index contributed by atoms with van der Waals surface area (Å²) in [6.07, 6.45) is 0.537. The van der Waals surface area contributed by atoms with Crippen LogP contribution in [0.5, 0.6) is 0 Å². The van der Waals surface area contributed by atoms with E-state index in [1.165, 1.54) is 25.6 Å². The quantitative estimate of drug-likeness (QED) is 0.319.